The second-order valence-electron chi connectivity index (χ2n) is 9.72. The first-order chi connectivity index (χ1) is 14.8. The SMILES string of the molecule is C=C1C(=O)O[C@H]2[C@H]1[C@@H](OC(=O)/C(C)=C\C)C[C@@H](C)C[C@H](OC(C)(C)C(=C)C)/C=C(/C)[C@H]2O. The normalized spacial score (nSPS) is 33.6. The van der Waals surface area contributed by atoms with Crippen LogP contribution in [0.4, 0.5) is 0 Å². The van der Waals surface area contributed by atoms with E-state index in [-0.39, 0.29) is 17.6 Å². The number of hydrogen-bond acceptors (Lipinski definition) is 6. The van der Waals surface area contributed by atoms with Gasteiger partial charge >= 0.3 is 11.9 Å². The summed E-state index contributed by atoms with van der Waals surface area (Å²) in [5.74, 6) is -1.56. The lowest BCUT2D eigenvalue weighted by Crippen LogP contribution is -2.42. The van der Waals surface area contributed by atoms with Crippen LogP contribution in [0.2, 0.25) is 0 Å². The fourth-order valence-corrected chi connectivity index (χ4v) is 4.09. The summed E-state index contributed by atoms with van der Waals surface area (Å²) in [5, 5.41) is 11.1. The van der Waals surface area contributed by atoms with Crippen molar-refractivity contribution in [2.45, 2.75) is 91.3 Å². The fourth-order valence-electron chi connectivity index (χ4n) is 4.09. The minimum atomic E-state index is -1.07. The maximum Gasteiger partial charge on any atom is 0.334 e. The number of rotatable bonds is 5. The summed E-state index contributed by atoms with van der Waals surface area (Å²) in [6.07, 6.45) is 1.80. The number of esters is 2. The van der Waals surface area contributed by atoms with Crippen molar-refractivity contribution in [1.82, 2.24) is 0 Å². The molecule has 6 heteroatoms. The number of aliphatic hydroxyl groups excluding tert-OH is 1. The molecule has 1 heterocycles. The van der Waals surface area contributed by atoms with Gasteiger partial charge in [0.1, 0.15) is 18.3 Å². The van der Waals surface area contributed by atoms with Crippen LogP contribution in [0.3, 0.4) is 0 Å². The Labute approximate surface area is 192 Å². The molecule has 1 aliphatic heterocycles. The number of carbonyl (C=O) groups is 2. The van der Waals surface area contributed by atoms with Crippen LogP contribution >= 0.6 is 0 Å². The number of ether oxygens (including phenoxy) is 3. The van der Waals surface area contributed by atoms with Gasteiger partial charge in [-0.25, -0.2) is 9.59 Å². The van der Waals surface area contributed by atoms with Crippen LogP contribution in [0, 0.1) is 11.8 Å². The summed E-state index contributed by atoms with van der Waals surface area (Å²) in [6.45, 7) is 21.0. The van der Waals surface area contributed by atoms with Gasteiger partial charge in [0, 0.05) is 11.1 Å². The van der Waals surface area contributed by atoms with E-state index < -0.39 is 41.8 Å². The molecule has 1 saturated heterocycles. The molecule has 0 amide bonds. The zero-order valence-corrected chi connectivity index (χ0v) is 20.4. The first-order valence-corrected chi connectivity index (χ1v) is 11.2. The summed E-state index contributed by atoms with van der Waals surface area (Å²) in [7, 11) is 0. The predicted molar refractivity (Wildman–Crippen MR) is 124 cm³/mol. The average Bonchev–Trinajstić information content (AvgIpc) is 2.99. The first kappa shape index (κ1) is 26.1. The van der Waals surface area contributed by atoms with E-state index in [1.807, 2.05) is 26.8 Å². The highest BCUT2D eigenvalue weighted by atomic mass is 16.6. The maximum absolute atomic E-state index is 12.6. The van der Waals surface area contributed by atoms with E-state index in [1.54, 1.807) is 26.8 Å². The van der Waals surface area contributed by atoms with Crippen molar-refractivity contribution >= 4 is 11.9 Å². The van der Waals surface area contributed by atoms with Crippen LogP contribution in [-0.4, -0.2) is 47.1 Å². The molecule has 0 saturated carbocycles. The van der Waals surface area contributed by atoms with E-state index in [0.29, 0.717) is 24.0 Å². The van der Waals surface area contributed by atoms with Gasteiger partial charge in [0.15, 0.2) is 0 Å². The molecule has 0 aromatic heterocycles. The highest BCUT2D eigenvalue weighted by Gasteiger charge is 2.49. The molecule has 0 radical (unpaired) electrons. The molecule has 6 atom stereocenters. The summed E-state index contributed by atoms with van der Waals surface area (Å²) < 4.78 is 17.7. The topological polar surface area (TPSA) is 82.1 Å². The lowest BCUT2D eigenvalue weighted by atomic mass is 9.80. The van der Waals surface area contributed by atoms with Gasteiger partial charge in [0.25, 0.3) is 0 Å². The Morgan fingerprint density at radius 1 is 1.31 bits per heavy atom. The molecule has 1 aliphatic carbocycles. The minimum absolute atomic E-state index is 0.0908. The molecule has 2 rings (SSSR count). The highest BCUT2D eigenvalue weighted by molar-refractivity contribution is 5.91. The Balaban J connectivity index is 2.47. The summed E-state index contributed by atoms with van der Waals surface area (Å²) in [6, 6.07) is 0. The molecule has 178 valence electrons. The van der Waals surface area contributed by atoms with Gasteiger partial charge in [0.05, 0.1) is 17.6 Å². The van der Waals surface area contributed by atoms with Gasteiger partial charge < -0.3 is 19.3 Å². The van der Waals surface area contributed by atoms with Crippen LogP contribution < -0.4 is 0 Å². The Bertz CT molecular complexity index is 833. The lowest BCUT2D eigenvalue weighted by Gasteiger charge is -2.36. The van der Waals surface area contributed by atoms with Gasteiger partial charge in [-0.3, -0.25) is 0 Å². The van der Waals surface area contributed by atoms with Crippen molar-refractivity contribution in [3.8, 4) is 0 Å². The summed E-state index contributed by atoms with van der Waals surface area (Å²) in [5.41, 5.74) is 1.67. The van der Waals surface area contributed by atoms with E-state index in [1.165, 1.54) is 0 Å². The standard InChI is InChI=1S/C26H38O6/c1-10-16(5)24(28)30-20-12-15(4)11-19(32-26(8,9)14(2)3)13-17(6)22(27)23-21(20)18(7)25(29)31-23/h10,13,15,19-23,27H,2,7,11-12H2,1,3-6,8-9H3/b16-10-,17-13-/t15-,19-,20-,21+,22+,23-/m0/s1. The number of fused-ring (bicyclic) bond motifs is 1. The molecule has 1 N–H and O–H groups in total. The van der Waals surface area contributed by atoms with E-state index in [0.717, 1.165) is 5.57 Å². The molecule has 1 fully saturated rings. The molecule has 2 aliphatic rings. The van der Waals surface area contributed by atoms with Crippen molar-refractivity contribution in [3.63, 3.8) is 0 Å². The lowest BCUT2D eigenvalue weighted by molar-refractivity contribution is -0.152. The average molecular weight is 447 g/mol. The molecule has 0 aromatic carbocycles. The molecular formula is C26H38O6. The Kier molecular flexibility index (Phi) is 8.29. The highest BCUT2D eigenvalue weighted by Crippen LogP contribution is 2.39. The van der Waals surface area contributed by atoms with Crippen LogP contribution in [0.25, 0.3) is 0 Å². The molecule has 0 bridgehead atoms. The van der Waals surface area contributed by atoms with Crippen molar-refractivity contribution in [2.24, 2.45) is 11.8 Å². The summed E-state index contributed by atoms with van der Waals surface area (Å²) >= 11 is 0. The molecule has 0 spiro atoms. The molecular weight excluding hydrogens is 408 g/mol. The maximum atomic E-state index is 12.6. The Morgan fingerprint density at radius 2 is 1.94 bits per heavy atom. The van der Waals surface area contributed by atoms with Crippen molar-refractivity contribution < 1.29 is 28.9 Å². The third-order valence-corrected chi connectivity index (χ3v) is 6.65. The number of carbonyl (C=O) groups excluding carboxylic acids is 2. The summed E-state index contributed by atoms with van der Waals surface area (Å²) in [4.78, 5) is 25.0. The van der Waals surface area contributed by atoms with Crippen molar-refractivity contribution in [1.29, 1.82) is 0 Å². The van der Waals surface area contributed by atoms with Gasteiger partial charge in [-0.05, 0) is 71.4 Å². The first-order valence-electron chi connectivity index (χ1n) is 11.2. The largest absolute Gasteiger partial charge is 0.458 e. The second-order valence-corrected chi connectivity index (χ2v) is 9.72. The van der Waals surface area contributed by atoms with E-state index in [4.69, 9.17) is 14.2 Å². The van der Waals surface area contributed by atoms with E-state index in [9.17, 15) is 14.7 Å². The molecule has 0 aromatic rings. The van der Waals surface area contributed by atoms with Crippen LogP contribution in [0.5, 0.6) is 0 Å². The Hall–Kier alpha value is -2.18. The molecule has 0 unspecified atom stereocenters. The van der Waals surface area contributed by atoms with Crippen LogP contribution in [0.15, 0.2) is 47.6 Å². The number of hydrogen-bond donors (Lipinski definition) is 1. The van der Waals surface area contributed by atoms with Crippen LogP contribution in [0.1, 0.15) is 61.3 Å². The third kappa shape index (κ3) is 5.78. The van der Waals surface area contributed by atoms with Gasteiger partial charge in [0.2, 0.25) is 0 Å². The Morgan fingerprint density at radius 3 is 2.50 bits per heavy atom. The third-order valence-electron chi connectivity index (χ3n) is 6.65. The number of allylic oxidation sites excluding steroid dienone is 1. The molecule has 32 heavy (non-hydrogen) atoms. The minimum Gasteiger partial charge on any atom is -0.458 e. The zero-order chi connectivity index (χ0) is 24.4. The van der Waals surface area contributed by atoms with Crippen molar-refractivity contribution in [2.75, 3.05) is 0 Å². The van der Waals surface area contributed by atoms with Gasteiger partial charge in [-0.2, -0.15) is 0 Å². The van der Waals surface area contributed by atoms with E-state index in [2.05, 4.69) is 20.1 Å². The van der Waals surface area contributed by atoms with Crippen molar-refractivity contribution in [3.05, 3.63) is 47.6 Å². The quantitative estimate of drug-likeness (QED) is 0.382. The smallest absolute Gasteiger partial charge is 0.334 e. The van der Waals surface area contributed by atoms with Gasteiger partial charge in [-0.1, -0.05) is 32.2 Å². The zero-order valence-electron chi connectivity index (χ0n) is 20.4. The number of aliphatic hydroxyl groups is 1. The molecule has 6 nitrogen and oxygen atoms in total. The monoisotopic (exact) mass is 446 g/mol. The predicted octanol–water partition coefficient (Wildman–Crippen LogP) is 4.44. The second kappa shape index (κ2) is 10.2. The van der Waals surface area contributed by atoms with E-state index >= 15 is 0 Å². The van der Waals surface area contributed by atoms with Crippen LogP contribution in [-0.2, 0) is 23.8 Å². The van der Waals surface area contributed by atoms with Gasteiger partial charge in [-0.15, -0.1) is 0 Å². The fraction of sp³-hybridized carbons (Fsp3) is 0.615.